The van der Waals surface area contributed by atoms with Gasteiger partial charge in [-0.15, -0.1) is 13.1 Å². The van der Waals surface area contributed by atoms with E-state index in [1.807, 2.05) is 0 Å². The van der Waals surface area contributed by atoms with E-state index in [1.165, 1.54) is 13.0 Å². The van der Waals surface area contributed by atoms with Crippen molar-refractivity contribution in [2.24, 2.45) is 0 Å². The van der Waals surface area contributed by atoms with E-state index in [1.54, 1.807) is 0 Å². The largest absolute Gasteiger partial charge is 0.661 e. The second-order valence-electron chi connectivity index (χ2n) is 3.15. The van der Waals surface area contributed by atoms with Crippen molar-refractivity contribution in [2.45, 2.75) is 26.3 Å². The number of hydrogen-bond donors (Lipinski definition) is 0. The molecule has 1 heterocycles. The second kappa shape index (κ2) is 6.10. The summed E-state index contributed by atoms with van der Waals surface area (Å²) >= 11 is 0. The molecule has 0 aromatic carbocycles. The van der Waals surface area contributed by atoms with Crippen molar-refractivity contribution in [3.63, 3.8) is 0 Å². The first-order valence-corrected chi connectivity index (χ1v) is 4.18. The van der Waals surface area contributed by atoms with Crippen molar-refractivity contribution in [1.29, 1.82) is 0 Å². The average Bonchev–Trinajstić information content (AvgIpc) is 2.12. The molecule has 0 bridgehead atoms. The Hall–Kier alpha value is 0.543. The summed E-state index contributed by atoms with van der Waals surface area (Å²) in [6.45, 7) is 9.02. The molecule has 0 N–H and O–H groups in total. The topological polar surface area (TPSA) is 17.3 Å². The molecule has 0 aromatic heterocycles. The van der Waals surface area contributed by atoms with Gasteiger partial charge in [0.15, 0.2) is 0 Å². The average molecular weight is 244 g/mol. The smallest absolute Gasteiger partial charge is 0.00378 e. The number of hydrogen-bond acceptors (Lipinski definition) is 1. The molecule has 1 fully saturated rings. The molecule has 11 heavy (non-hydrogen) atoms. The first-order valence-electron chi connectivity index (χ1n) is 4.18. The monoisotopic (exact) mass is 244 g/mol. The normalized spacial score (nSPS) is 21.0. The van der Waals surface area contributed by atoms with Crippen molar-refractivity contribution in [3.05, 3.63) is 5.32 Å². The van der Waals surface area contributed by atoms with Crippen molar-refractivity contribution in [1.82, 2.24) is 4.90 Å². The molecule has 0 aliphatic carbocycles. The maximum Gasteiger partial charge on any atom is 0.00378 e. The molecule has 0 atom stereocenters. The molecule has 0 spiro atoms. The minimum Gasteiger partial charge on any atom is -0.661 e. The van der Waals surface area contributed by atoms with E-state index >= 15 is 0 Å². The van der Waals surface area contributed by atoms with Crippen molar-refractivity contribution in [3.8, 4) is 0 Å². The molecule has 0 amide bonds. The molecular weight excluding hydrogens is 227 g/mol. The van der Waals surface area contributed by atoms with Gasteiger partial charge in [-0.1, -0.05) is 6.42 Å². The molecule has 3 heteroatoms. The SMILES string of the molecule is CC(C)N1CCC[N-]CC1.[Rh]. The molecule has 1 saturated heterocycles. The van der Waals surface area contributed by atoms with Crippen LogP contribution in [0.2, 0.25) is 0 Å². The molecule has 1 aliphatic heterocycles. The van der Waals surface area contributed by atoms with Gasteiger partial charge in [0.1, 0.15) is 0 Å². The van der Waals surface area contributed by atoms with Gasteiger partial charge in [0.25, 0.3) is 0 Å². The van der Waals surface area contributed by atoms with E-state index in [4.69, 9.17) is 0 Å². The Kier molecular flexibility index (Phi) is 6.40. The standard InChI is InChI=1S/C8H17N2.Rh/c1-8(2)10-6-3-4-9-5-7-10;/h8H,3-7H2,1-2H3;/q-1;. The summed E-state index contributed by atoms with van der Waals surface area (Å²) in [4.78, 5) is 2.50. The van der Waals surface area contributed by atoms with Gasteiger partial charge in [-0.3, -0.25) is 0 Å². The maximum absolute atomic E-state index is 4.36. The van der Waals surface area contributed by atoms with Crippen molar-refractivity contribution in [2.75, 3.05) is 26.2 Å². The Balaban J connectivity index is 0.000001000. The van der Waals surface area contributed by atoms with Crippen LogP contribution in [0.25, 0.3) is 5.32 Å². The third kappa shape index (κ3) is 4.20. The number of rotatable bonds is 1. The summed E-state index contributed by atoms with van der Waals surface area (Å²) in [5.41, 5.74) is 0. The van der Waals surface area contributed by atoms with Crippen LogP contribution in [-0.2, 0) is 19.5 Å². The van der Waals surface area contributed by atoms with Gasteiger partial charge in [-0.25, -0.2) is 0 Å². The zero-order valence-corrected chi connectivity index (χ0v) is 8.98. The molecule has 1 radical (unpaired) electrons. The zero-order valence-electron chi connectivity index (χ0n) is 7.34. The summed E-state index contributed by atoms with van der Waals surface area (Å²) < 4.78 is 0. The van der Waals surface area contributed by atoms with Crippen LogP contribution in [-0.4, -0.2) is 37.1 Å². The van der Waals surface area contributed by atoms with Gasteiger partial charge >= 0.3 is 0 Å². The van der Waals surface area contributed by atoms with Gasteiger partial charge in [0.2, 0.25) is 0 Å². The predicted molar refractivity (Wildman–Crippen MR) is 44.4 cm³/mol. The minimum atomic E-state index is 0. The third-order valence-electron chi connectivity index (χ3n) is 2.04. The summed E-state index contributed by atoms with van der Waals surface area (Å²) in [6.07, 6.45) is 1.25. The fourth-order valence-electron chi connectivity index (χ4n) is 1.32. The minimum absolute atomic E-state index is 0. The molecule has 0 aromatic rings. The summed E-state index contributed by atoms with van der Waals surface area (Å²) in [6, 6.07) is 0.702. The van der Waals surface area contributed by atoms with E-state index in [2.05, 4.69) is 24.1 Å². The Morgan fingerprint density at radius 1 is 1.18 bits per heavy atom. The van der Waals surface area contributed by atoms with Crippen LogP contribution in [0.5, 0.6) is 0 Å². The Bertz CT molecular complexity index is 88.1. The first-order chi connectivity index (χ1) is 4.80. The fraction of sp³-hybridized carbons (Fsp3) is 1.00. The predicted octanol–water partition coefficient (Wildman–Crippen LogP) is 1.47. The molecule has 1 rings (SSSR count). The fourth-order valence-corrected chi connectivity index (χ4v) is 1.32. The Morgan fingerprint density at radius 3 is 2.55 bits per heavy atom. The molecule has 0 unspecified atom stereocenters. The van der Waals surface area contributed by atoms with E-state index in [0.29, 0.717) is 6.04 Å². The molecule has 69 valence electrons. The summed E-state index contributed by atoms with van der Waals surface area (Å²) in [5, 5.41) is 4.36. The number of nitrogens with zero attached hydrogens (tertiary/aromatic N) is 2. The summed E-state index contributed by atoms with van der Waals surface area (Å²) in [5.74, 6) is 0. The van der Waals surface area contributed by atoms with Gasteiger partial charge < -0.3 is 10.2 Å². The molecule has 0 saturated carbocycles. The van der Waals surface area contributed by atoms with Crippen LogP contribution in [0.4, 0.5) is 0 Å². The molecule has 2 nitrogen and oxygen atoms in total. The Morgan fingerprint density at radius 2 is 1.91 bits per heavy atom. The summed E-state index contributed by atoms with van der Waals surface area (Å²) in [7, 11) is 0. The van der Waals surface area contributed by atoms with Crippen molar-refractivity contribution < 1.29 is 19.5 Å². The van der Waals surface area contributed by atoms with E-state index in [-0.39, 0.29) is 19.5 Å². The van der Waals surface area contributed by atoms with Crippen LogP contribution >= 0.6 is 0 Å². The van der Waals surface area contributed by atoms with Crippen LogP contribution in [0, 0.1) is 0 Å². The van der Waals surface area contributed by atoms with Gasteiger partial charge in [-0.05, 0) is 26.9 Å². The third-order valence-corrected chi connectivity index (χ3v) is 2.04. The maximum atomic E-state index is 4.36. The van der Waals surface area contributed by atoms with E-state index in [0.717, 1.165) is 19.6 Å². The zero-order chi connectivity index (χ0) is 7.40. The van der Waals surface area contributed by atoms with Gasteiger partial charge in [-0.2, -0.15) is 0 Å². The van der Waals surface area contributed by atoms with Gasteiger partial charge in [0.05, 0.1) is 0 Å². The van der Waals surface area contributed by atoms with Crippen LogP contribution in [0.1, 0.15) is 20.3 Å². The van der Waals surface area contributed by atoms with Crippen molar-refractivity contribution >= 4 is 0 Å². The van der Waals surface area contributed by atoms with Crippen LogP contribution in [0.15, 0.2) is 0 Å². The van der Waals surface area contributed by atoms with E-state index < -0.39 is 0 Å². The molecular formula is C8H17N2Rh-. The van der Waals surface area contributed by atoms with Crippen LogP contribution < -0.4 is 0 Å². The first kappa shape index (κ1) is 11.5. The van der Waals surface area contributed by atoms with Gasteiger partial charge in [0, 0.05) is 25.5 Å². The van der Waals surface area contributed by atoms with Crippen LogP contribution in [0.3, 0.4) is 0 Å². The molecule has 1 aliphatic rings. The Labute approximate surface area is 82.5 Å². The second-order valence-corrected chi connectivity index (χ2v) is 3.15. The quantitative estimate of drug-likeness (QED) is 0.638. The van der Waals surface area contributed by atoms with E-state index in [9.17, 15) is 0 Å².